The molecule has 27 heavy (non-hydrogen) atoms. The minimum atomic E-state index is -0.311. The van der Waals surface area contributed by atoms with Crippen LogP contribution in [0.2, 0.25) is 0 Å². The summed E-state index contributed by atoms with van der Waals surface area (Å²) in [6, 6.07) is 8.28. The van der Waals surface area contributed by atoms with Gasteiger partial charge in [-0.25, -0.2) is 4.39 Å². The van der Waals surface area contributed by atoms with Crippen LogP contribution >= 0.6 is 34.4 Å². The molecule has 0 bridgehead atoms. The maximum Gasteiger partial charge on any atom is 0.236 e. The van der Waals surface area contributed by atoms with Gasteiger partial charge in [0.1, 0.15) is 5.82 Å². The van der Waals surface area contributed by atoms with Gasteiger partial charge in [0.15, 0.2) is 4.34 Å². The second-order valence-electron chi connectivity index (χ2n) is 6.15. The number of halogens is 1. The summed E-state index contributed by atoms with van der Waals surface area (Å²) >= 11 is 4.52. The van der Waals surface area contributed by atoms with E-state index in [0.29, 0.717) is 21.7 Å². The van der Waals surface area contributed by atoms with Crippen LogP contribution < -0.4 is 5.32 Å². The zero-order valence-electron chi connectivity index (χ0n) is 14.5. The van der Waals surface area contributed by atoms with E-state index in [0.717, 1.165) is 13.0 Å². The van der Waals surface area contributed by atoms with Crippen LogP contribution in [0, 0.1) is 5.82 Å². The molecule has 5 nitrogen and oxygen atoms in total. The first-order valence-electron chi connectivity index (χ1n) is 8.45. The van der Waals surface area contributed by atoms with Crippen molar-refractivity contribution in [3.8, 4) is 0 Å². The maximum absolute atomic E-state index is 13.3. The number of aromatic nitrogens is 2. The van der Waals surface area contributed by atoms with E-state index in [1.807, 2.05) is 11.8 Å². The number of amides is 1. The van der Waals surface area contributed by atoms with Crippen molar-refractivity contribution in [2.24, 2.45) is 0 Å². The number of carbonyl (C=O) groups is 1. The molecule has 1 aliphatic rings. The molecule has 0 radical (unpaired) electrons. The minimum absolute atomic E-state index is 0.117. The van der Waals surface area contributed by atoms with Crippen molar-refractivity contribution in [2.75, 3.05) is 11.9 Å². The molecule has 2 aromatic heterocycles. The smallest absolute Gasteiger partial charge is 0.236 e. The van der Waals surface area contributed by atoms with E-state index in [1.165, 1.54) is 45.7 Å². The van der Waals surface area contributed by atoms with E-state index in [2.05, 4.69) is 27.0 Å². The van der Waals surface area contributed by atoms with Gasteiger partial charge in [-0.2, -0.15) is 0 Å². The lowest BCUT2D eigenvalue weighted by molar-refractivity contribution is -0.131. The van der Waals surface area contributed by atoms with Gasteiger partial charge in [0, 0.05) is 23.7 Å². The normalized spacial score (nSPS) is 14.7. The third kappa shape index (κ3) is 4.31. The summed E-state index contributed by atoms with van der Waals surface area (Å²) in [6.07, 6.45) is 0.927. The highest BCUT2D eigenvalue weighted by Gasteiger charge is 2.26. The van der Waals surface area contributed by atoms with Crippen molar-refractivity contribution in [1.82, 2.24) is 15.1 Å². The van der Waals surface area contributed by atoms with E-state index >= 15 is 0 Å². The van der Waals surface area contributed by atoms with Crippen molar-refractivity contribution < 1.29 is 9.18 Å². The lowest BCUT2D eigenvalue weighted by atomic mass is 10.1. The Balaban J connectivity index is 1.36. The molecular formula is C18H17FN4OS3. The summed E-state index contributed by atoms with van der Waals surface area (Å²) in [5.41, 5.74) is 1.88. The van der Waals surface area contributed by atoms with Crippen LogP contribution in [-0.2, 0) is 17.8 Å². The number of thiophene rings is 1. The van der Waals surface area contributed by atoms with E-state index in [-0.39, 0.29) is 17.0 Å². The molecule has 0 saturated carbocycles. The van der Waals surface area contributed by atoms with Gasteiger partial charge in [-0.1, -0.05) is 29.2 Å². The lowest BCUT2D eigenvalue weighted by Gasteiger charge is -2.28. The molecule has 1 N–H and O–H groups in total. The summed E-state index contributed by atoms with van der Waals surface area (Å²) < 4.78 is 14.0. The van der Waals surface area contributed by atoms with E-state index in [1.54, 1.807) is 23.5 Å². The average molecular weight is 421 g/mol. The summed E-state index contributed by atoms with van der Waals surface area (Å²) in [5.74, 6) is -0.194. The Bertz CT molecular complexity index is 957. The number of thioether (sulfide) groups is 1. The Morgan fingerprint density at radius 3 is 3.11 bits per heavy atom. The first kappa shape index (κ1) is 18.4. The summed E-state index contributed by atoms with van der Waals surface area (Å²) in [7, 11) is 0. The van der Waals surface area contributed by atoms with Gasteiger partial charge >= 0.3 is 0 Å². The van der Waals surface area contributed by atoms with Crippen LogP contribution in [0.3, 0.4) is 0 Å². The zero-order chi connectivity index (χ0) is 18.8. The predicted molar refractivity (Wildman–Crippen MR) is 108 cm³/mol. The number of nitrogens with one attached hydrogen (secondary N) is 1. The quantitative estimate of drug-likeness (QED) is 0.614. The van der Waals surface area contributed by atoms with Gasteiger partial charge in [-0.15, -0.1) is 21.5 Å². The fraction of sp³-hybridized carbons (Fsp3) is 0.278. The Labute approximate surface area is 168 Å². The number of rotatable bonds is 5. The van der Waals surface area contributed by atoms with Gasteiger partial charge < -0.3 is 10.2 Å². The maximum atomic E-state index is 13.3. The first-order valence-corrected chi connectivity index (χ1v) is 11.0. The molecular weight excluding hydrogens is 403 g/mol. The molecule has 0 saturated heterocycles. The van der Waals surface area contributed by atoms with Crippen LogP contribution in [0.4, 0.5) is 15.2 Å². The Morgan fingerprint density at radius 2 is 2.26 bits per heavy atom. The van der Waals surface area contributed by atoms with Crippen LogP contribution in [0.1, 0.15) is 17.4 Å². The van der Waals surface area contributed by atoms with E-state index in [4.69, 9.17) is 0 Å². The summed E-state index contributed by atoms with van der Waals surface area (Å²) in [5, 5.41) is 13.7. The fourth-order valence-corrected chi connectivity index (χ4v) is 5.78. The Hall–Kier alpha value is -1.97. The van der Waals surface area contributed by atoms with Crippen molar-refractivity contribution in [3.63, 3.8) is 0 Å². The molecule has 0 aliphatic carbocycles. The number of anilines is 2. The van der Waals surface area contributed by atoms with Gasteiger partial charge in [0.25, 0.3) is 0 Å². The van der Waals surface area contributed by atoms with Crippen LogP contribution in [0.5, 0.6) is 0 Å². The second-order valence-corrected chi connectivity index (χ2v) is 9.71. The Morgan fingerprint density at radius 1 is 1.37 bits per heavy atom. The predicted octanol–water partition coefficient (Wildman–Crippen LogP) is 4.55. The third-order valence-corrected chi connectivity index (χ3v) is 7.26. The van der Waals surface area contributed by atoms with Crippen molar-refractivity contribution in [2.45, 2.75) is 29.5 Å². The number of carbonyl (C=O) groups excluding carboxylic acids is 1. The number of hydrogen-bond acceptors (Lipinski definition) is 7. The lowest BCUT2D eigenvalue weighted by Crippen LogP contribution is -2.39. The topological polar surface area (TPSA) is 58.1 Å². The molecule has 140 valence electrons. The number of fused-ring (bicyclic) bond motifs is 1. The van der Waals surface area contributed by atoms with Gasteiger partial charge in [-0.05, 0) is 48.6 Å². The van der Waals surface area contributed by atoms with Crippen molar-refractivity contribution >= 4 is 51.2 Å². The van der Waals surface area contributed by atoms with E-state index < -0.39 is 0 Å². The minimum Gasteiger partial charge on any atom is -0.337 e. The van der Waals surface area contributed by atoms with Crippen molar-refractivity contribution in [3.05, 3.63) is 52.0 Å². The highest BCUT2D eigenvalue weighted by atomic mass is 32.2. The highest BCUT2D eigenvalue weighted by Crippen LogP contribution is 2.32. The number of nitrogens with zero attached hydrogens (tertiary/aromatic N) is 3. The average Bonchev–Trinajstić information content (AvgIpc) is 3.29. The molecule has 1 aromatic carbocycles. The summed E-state index contributed by atoms with van der Waals surface area (Å²) in [6.45, 7) is 3.35. The molecule has 3 heterocycles. The first-order chi connectivity index (χ1) is 13.1. The fourth-order valence-electron chi connectivity index (χ4n) is 2.89. The zero-order valence-corrected chi connectivity index (χ0v) is 17.0. The standard InChI is InChI=1S/C18H17FN4OS3/c1-11(16(24)23-7-5-15-12(10-23)6-8-25-15)26-18-22-21-17(27-18)20-14-4-2-3-13(19)9-14/h2-4,6,8-9,11H,5,7,10H2,1H3,(H,20,21). The largest absolute Gasteiger partial charge is 0.337 e. The highest BCUT2D eigenvalue weighted by molar-refractivity contribution is 8.02. The van der Waals surface area contributed by atoms with E-state index in [9.17, 15) is 9.18 Å². The van der Waals surface area contributed by atoms with Gasteiger partial charge in [-0.3, -0.25) is 4.79 Å². The third-order valence-electron chi connectivity index (χ3n) is 4.23. The molecule has 1 aliphatic heterocycles. The number of benzene rings is 1. The Kier molecular flexibility index (Phi) is 5.42. The second kappa shape index (κ2) is 7.95. The molecule has 3 aromatic rings. The molecule has 0 fully saturated rings. The SMILES string of the molecule is CC(Sc1nnc(Nc2cccc(F)c2)s1)C(=O)N1CCc2sccc2C1. The molecule has 9 heteroatoms. The monoisotopic (exact) mass is 420 g/mol. The van der Waals surface area contributed by atoms with Crippen LogP contribution in [-0.4, -0.2) is 32.8 Å². The van der Waals surface area contributed by atoms with Gasteiger partial charge in [0.05, 0.1) is 5.25 Å². The molecule has 1 unspecified atom stereocenters. The summed E-state index contributed by atoms with van der Waals surface area (Å²) in [4.78, 5) is 16.1. The van der Waals surface area contributed by atoms with Crippen molar-refractivity contribution in [1.29, 1.82) is 0 Å². The van der Waals surface area contributed by atoms with Gasteiger partial charge in [0.2, 0.25) is 11.0 Å². The molecule has 0 spiro atoms. The molecule has 4 rings (SSSR count). The number of hydrogen-bond donors (Lipinski definition) is 1. The van der Waals surface area contributed by atoms with Crippen LogP contribution in [0.15, 0.2) is 40.1 Å². The van der Waals surface area contributed by atoms with Crippen LogP contribution in [0.25, 0.3) is 0 Å². The molecule has 1 amide bonds. The molecule has 1 atom stereocenters.